The van der Waals surface area contributed by atoms with Crippen molar-refractivity contribution in [3.05, 3.63) is 99.8 Å². The molecule has 266 valence electrons. The summed E-state index contributed by atoms with van der Waals surface area (Å²) in [6.07, 6.45) is 6.43. The number of aromatic nitrogens is 8. The average Bonchev–Trinajstić information content (AvgIpc) is 3.90. The van der Waals surface area contributed by atoms with Crippen LogP contribution in [0.4, 0.5) is 5.69 Å². The zero-order valence-electron chi connectivity index (χ0n) is 30.1. The molecule has 0 saturated heterocycles. The zero-order chi connectivity index (χ0) is 36.6. The minimum absolute atomic E-state index is 0.184. The second-order valence-corrected chi connectivity index (χ2v) is 14.5. The van der Waals surface area contributed by atoms with E-state index in [0.717, 1.165) is 66.4 Å². The standard InChI is InChI=1S/C39H39Cl2N9O2/c1-21-18-26(19-22(2)34(21)40)52-17-9-12-28-27-10-8-11-29(33-23(3)45-47(7)24(33)4)36(27)48-25(5)38(41)49(39(51)37(28)48)31-20-46(6)30-13-14-32(44-35(30)31)50-42-15-16-43-50/h8,10-11,13-16,18-20,25,38H,9,12,17H2,1-7H3/t25?,38-/m0/s1. The van der Waals surface area contributed by atoms with Crippen LogP contribution in [-0.4, -0.2) is 56.9 Å². The highest BCUT2D eigenvalue weighted by Gasteiger charge is 2.42. The van der Waals surface area contributed by atoms with Crippen molar-refractivity contribution in [2.75, 3.05) is 11.5 Å². The maximum absolute atomic E-state index is 15.2. The molecule has 0 bridgehead atoms. The summed E-state index contributed by atoms with van der Waals surface area (Å²) in [5.41, 5.74) is 9.97. The van der Waals surface area contributed by atoms with Crippen molar-refractivity contribution in [1.82, 2.24) is 38.9 Å². The molecule has 0 radical (unpaired) electrons. The van der Waals surface area contributed by atoms with E-state index in [-0.39, 0.29) is 11.9 Å². The Kier molecular flexibility index (Phi) is 8.38. The number of halogens is 2. The fraction of sp³-hybridized carbons (Fsp3) is 0.308. The number of ether oxygens (including phenoxy) is 1. The predicted octanol–water partition coefficient (Wildman–Crippen LogP) is 8.19. The van der Waals surface area contributed by atoms with Gasteiger partial charge in [0.05, 0.1) is 47.5 Å². The number of rotatable bonds is 8. The first-order chi connectivity index (χ1) is 25.0. The molecule has 11 nitrogen and oxygen atoms in total. The Balaban J connectivity index is 1.27. The monoisotopic (exact) mass is 735 g/mol. The van der Waals surface area contributed by atoms with Crippen LogP contribution in [0.15, 0.2) is 61.1 Å². The number of pyridine rings is 1. The summed E-state index contributed by atoms with van der Waals surface area (Å²) in [5.74, 6) is 1.14. The number of benzene rings is 2. The second kappa shape index (κ2) is 12.8. The summed E-state index contributed by atoms with van der Waals surface area (Å²) in [6, 6.07) is 13.8. The molecule has 6 heterocycles. The first kappa shape index (κ1) is 34.0. The highest BCUT2D eigenvalue weighted by molar-refractivity contribution is 6.32. The van der Waals surface area contributed by atoms with Crippen molar-refractivity contribution >= 4 is 56.7 Å². The molecular weight excluding hydrogens is 697 g/mol. The van der Waals surface area contributed by atoms with Gasteiger partial charge < -0.3 is 13.9 Å². The number of aryl methyl sites for hydroxylation is 6. The molecule has 0 saturated carbocycles. The van der Waals surface area contributed by atoms with Crippen molar-refractivity contribution in [3.63, 3.8) is 0 Å². The number of fused-ring (bicyclic) bond motifs is 4. The van der Waals surface area contributed by atoms with E-state index in [9.17, 15) is 0 Å². The van der Waals surface area contributed by atoms with Crippen LogP contribution < -0.4 is 9.64 Å². The number of hydrogen-bond acceptors (Lipinski definition) is 6. The van der Waals surface area contributed by atoms with E-state index in [4.69, 9.17) is 38.0 Å². The highest BCUT2D eigenvalue weighted by atomic mass is 35.5. The highest BCUT2D eigenvalue weighted by Crippen LogP contribution is 2.45. The summed E-state index contributed by atoms with van der Waals surface area (Å²) in [6.45, 7) is 10.6. The van der Waals surface area contributed by atoms with E-state index in [1.54, 1.807) is 17.3 Å². The molecule has 1 unspecified atom stereocenters. The van der Waals surface area contributed by atoms with Crippen LogP contribution in [0.5, 0.6) is 5.75 Å². The molecule has 5 aromatic heterocycles. The largest absolute Gasteiger partial charge is 0.494 e. The molecule has 7 aromatic rings. The molecule has 0 aliphatic carbocycles. The maximum Gasteiger partial charge on any atom is 0.276 e. The fourth-order valence-corrected chi connectivity index (χ4v) is 8.19. The second-order valence-electron chi connectivity index (χ2n) is 13.7. The van der Waals surface area contributed by atoms with E-state index >= 15 is 4.79 Å². The number of carbonyl (C=O) groups excluding carboxylic acids is 1. The Labute approximate surface area is 311 Å². The Morgan fingerprint density at radius 2 is 1.71 bits per heavy atom. The first-order valence-corrected chi connectivity index (χ1v) is 18.1. The van der Waals surface area contributed by atoms with Gasteiger partial charge in [-0.3, -0.25) is 14.4 Å². The van der Waals surface area contributed by atoms with Gasteiger partial charge in [-0.05, 0) is 88.4 Å². The third kappa shape index (κ3) is 5.28. The lowest BCUT2D eigenvalue weighted by Crippen LogP contribution is -2.47. The maximum atomic E-state index is 15.2. The molecule has 0 fully saturated rings. The van der Waals surface area contributed by atoms with E-state index < -0.39 is 5.50 Å². The SMILES string of the molecule is Cc1cc(OCCCc2c3n(c4c(-c5c(C)nn(C)c5C)cccc24)C(C)[C@@H](Cl)N(c2cn(C)c4ccc(-n5nccn5)nc24)C3=O)cc(C)c1Cl. The van der Waals surface area contributed by atoms with Gasteiger partial charge in [0.25, 0.3) is 5.91 Å². The normalized spacial score (nSPS) is 16.0. The lowest BCUT2D eigenvalue weighted by Gasteiger charge is -2.38. The van der Waals surface area contributed by atoms with Gasteiger partial charge in [-0.15, -0.1) is 4.80 Å². The Morgan fingerprint density at radius 1 is 0.981 bits per heavy atom. The van der Waals surface area contributed by atoms with E-state index in [1.807, 2.05) is 74.6 Å². The molecule has 0 N–H and O–H groups in total. The average molecular weight is 737 g/mol. The Bertz CT molecular complexity index is 2510. The fourth-order valence-electron chi connectivity index (χ4n) is 7.77. The number of carbonyl (C=O) groups is 1. The molecular formula is C39H39Cl2N9O2. The molecule has 1 aliphatic rings. The lowest BCUT2D eigenvalue weighted by atomic mass is 9.98. The van der Waals surface area contributed by atoms with Crippen LogP contribution in [0.25, 0.3) is 38.9 Å². The van der Waals surface area contributed by atoms with Crippen LogP contribution in [0.2, 0.25) is 5.02 Å². The van der Waals surface area contributed by atoms with Crippen LogP contribution in [0, 0.1) is 27.7 Å². The van der Waals surface area contributed by atoms with E-state index in [1.165, 1.54) is 4.80 Å². The first-order valence-electron chi connectivity index (χ1n) is 17.3. The predicted molar refractivity (Wildman–Crippen MR) is 205 cm³/mol. The molecule has 2 aromatic carbocycles. The quantitative estimate of drug-likeness (QED) is 0.0887. The van der Waals surface area contributed by atoms with Gasteiger partial charge in [0.1, 0.15) is 22.5 Å². The third-order valence-corrected chi connectivity index (χ3v) is 11.5. The number of hydrogen-bond donors (Lipinski definition) is 0. The number of alkyl halides is 1. The molecule has 13 heteroatoms. The van der Waals surface area contributed by atoms with Gasteiger partial charge in [0, 0.05) is 47.5 Å². The minimum atomic E-state index is -0.716. The molecule has 2 atom stereocenters. The van der Waals surface area contributed by atoms with Crippen LogP contribution >= 0.6 is 23.2 Å². The number of amides is 1. The molecule has 0 spiro atoms. The van der Waals surface area contributed by atoms with Crippen molar-refractivity contribution in [1.29, 1.82) is 0 Å². The van der Waals surface area contributed by atoms with Crippen LogP contribution in [0.3, 0.4) is 0 Å². The lowest BCUT2D eigenvalue weighted by molar-refractivity contribution is 0.0951. The number of para-hydroxylation sites is 1. The van der Waals surface area contributed by atoms with Gasteiger partial charge in [0.15, 0.2) is 5.82 Å². The number of anilines is 1. The topological polar surface area (TPSA) is 101 Å². The van der Waals surface area contributed by atoms with Crippen molar-refractivity contribution in [2.45, 2.75) is 59.0 Å². The molecule has 8 rings (SSSR count). The van der Waals surface area contributed by atoms with Gasteiger partial charge in [0.2, 0.25) is 0 Å². The Hall–Kier alpha value is -5.13. The van der Waals surface area contributed by atoms with Gasteiger partial charge >= 0.3 is 0 Å². The van der Waals surface area contributed by atoms with Gasteiger partial charge in [-0.2, -0.15) is 15.3 Å². The number of nitrogens with zero attached hydrogens (tertiary/aromatic N) is 9. The minimum Gasteiger partial charge on any atom is -0.494 e. The van der Waals surface area contributed by atoms with Crippen LogP contribution in [-0.2, 0) is 20.5 Å². The summed E-state index contributed by atoms with van der Waals surface area (Å²) in [4.78, 5) is 23.3. The zero-order valence-corrected chi connectivity index (χ0v) is 31.7. The Morgan fingerprint density at radius 3 is 2.40 bits per heavy atom. The van der Waals surface area contributed by atoms with Gasteiger partial charge in [-0.1, -0.05) is 41.4 Å². The summed E-state index contributed by atoms with van der Waals surface area (Å²) in [5, 5.41) is 15.0. The van der Waals surface area contributed by atoms with E-state index in [2.05, 4.69) is 46.8 Å². The third-order valence-electron chi connectivity index (χ3n) is 10.3. The summed E-state index contributed by atoms with van der Waals surface area (Å²) < 4.78 is 12.3. The van der Waals surface area contributed by atoms with Gasteiger partial charge in [-0.25, -0.2) is 4.98 Å². The van der Waals surface area contributed by atoms with Crippen molar-refractivity contribution in [3.8, 4) is 22.7 Å². The van der Waals surface area contributed by atoms with Crippen molar-refractivity contribution < 1.29 is 9.53 Å². The smallest absolute Gasteiger partial charge is 0.276 e. The van der Waals surface area contributed by atoms with E-state index in [0.29, 0.717) is 42.2 Å². The van der Waals surface area contributed by atoms with Crippen molar-refractivity contribution in [2.24, 2.45) is 14.1 Å². The van der Waals surface area contributed by atoms with Crippen LogP contribution in [0.1, 0.15) is 58.0 Å². The molecule has 1 aliphatic heterocycles. The summed E-state index contributed by atoms with van der Waals surface area (Å²) >= 11 is 13.8. The summed E-state index contributed by atoms with van der Waals surface area (Å²) in [7, 11) is 3.90. The molecule has 1 amide bonds. The molecule has 52 heavy (non-hydrogen) atoms.